The van der Waals surface area contributed by atoms with Gasteiger partial charge in [-0.25, -0.2) is 9.79 Å². The molecule has 0 atom stereocenters. The molecule has 3 N–H and O–H groups in total. The predicted octanol–water partition coefficient (Wildman–Crippen LogP) is 3.31. The van der Waals surface area contributed by atoms with Crippen molar-refractivity contribution in [3.63, 3.8) is 0 Å². The lowest BCUT2D eigenvalue weighted by Crippen LogP contribution is -2.19. The third-order valence-electron chi connectivity index (χ3n) is 4.13. The van der Waals surface area contributed by atoms with Crippen LogP contribution in [0.2, 0.25) is 0 Å². The van der Waals surface area contributed by atoms with Crippen molar-refractivity contribution in [3.05, 3.63) is 51.9 Å². The van der Waals surface area contributed by atoms with Gasteiger partial charge in [0.05, 0.1) is 24.8 Å². The molecule has 9 heteroatoms. The first kappa shape index (κ1) is 20.3. The van der Waals surface area contributed by atoms with Gasteiger partial charge in [-0.1, -0.05) is 6.07 Å². The molecule has 0 unspecified atom stereocenters. The van der Waals surface area contributed by atoms with E-state index >= 15 is 0 Å². The van der Waals surface area contributed by atoms with Crippen molar-refractivity contribution in [2.24, 2.45) is 4.99 Å². The van der Waals surface area contributed by atoms with Gasteiger partial charge < -0.3 is 25.0 Å². The van der Waals surface area contributed by atoms with Crippen LogP contribution in [0.4, 0.5) is 5.69 Å². The third-order valence-corrected chi connectivity index (χ3v) is 5.04. The molecule has 0 saturated carbocycles. The number of carboxylic acid groups (broad SMARTS) is 1. The van der Waals surface area contributed by atoms with Crippen molar-refractivity contribution < 1.29 is 29.3 Å². The fourth-order valence-corrected chi connectivity index (χ4v) is 3.60. The minimum absolute atomic E-state index is 0.0753. The fraction of sp³-hybridized carbons (Fsp3) is 0.150. The van der Waals surface area contributed by atoms with E-state index in [4.69, 9.17) is 9.47 Å². The lowest BCUT2D eigenvalue weighted by Gasteiger charge is -2.12. The van der Waals surface area contributed by atoms with Crippen LogP contribution in [0.15, 0.2) is 40.2 Å². The Morgan fingerprint density at radius 3 is 2.59 bits per heavy atom. The van der Waals surface area contributed by atoms with Crippen LogP contribution in [0.5, 0.6) is 17.2 Å². The van der Waals surface area contributed by atoms with E-state index in [1.807, 2.05) is 0 Å². The summed E-state index contributed by atoms with van der Waals surface area (Å²) in [6.07, 6.45) is 1.47. The minimum atomic E-state index is -1.20. The number of nitrogens with zero attached hydrogens (tertiary/aromatic N) is 1. The summed E-state index contributed by atoms with van der Waals surface area (Å²) in [5.41, 5.74) is 1.55. The highest BCUT2D eigenvalue weighted by Crippen LogP contribution is 2.36. The minimum Gasteiger partial charge on any atom is -0.508 e. The number of aryl methyl sites for hydroxylation is 1. The molecule has 1 heterocycles. The van der Waals surface area contributed by atoms with Gasteiger partial charge in [0.25, 0.3) is 5.91 Å². The van der Waals surface area contributed by atoms with Gasteiger partial charge >= 0.3 is 5.97 Å². The Kier molecular flexibility index (Phi) is 5.79. The first-order valence-corrected chi connectivity index (χ1v) is 9.23. The van der Waals surface area contributed by atoms with Crippen LogP contribution < -0.4 is 14.8 Å². The summed E-state index contributed by atoms with van der Waals surface area (Å²) < 4.78 is 10.3. The molecule has 29 heavy (non-hydrogen) atoms. The first-order chi connectivity index (χ1) is 13.8. The summed E-state index contributed by atoms with van der Waals surface area (Å²) in [6.45, 7) is 1.79. The van der Waals surface area contributed by atoms with E-state index in [0.717, 1.165) is 17.3 Å². The molecule has 0 aliphatic carbocycles. The van der Waals surface area contributed by atoms with Crippen molar-refractivity contribution in [3.8, 4) is 17.2 Å². The van der Waals surface area contributed by atoms with Gasteiger partial charge in [0.15, 0.2) is 16.7 Å². The highest BCUT2D eigenvalue weighted by Gasteiger charge is 2.26. The zero-order valence-corrected chi connectivity index (χ0v) is 16.7. The van der Waals surface area contributed by atoms with Gasteiger partial charge in [-0.3, -0.25) is 4.79 Å². The number of carboxylic acids is 1. The second-order valence-electron chi connectivity index (χ2n) is 6.02. The van der Waals surface area contributed by atoms with Crippen LogP contribution in [0.25, 0.3) is 6.08 Å². The number of phenolic OH excluding ortho intramolecular Hbond substituents is 1. The van der Waals surface area contributed by atoms with E-state index in [0.29, 0.717) is 16.4 Å². The molecule has 1 aliphatic rings. The molecule has 0 radical (unpaired) electrons. The number of hydrogen-bond acceptors (Lipinski definition) is 7. The highest BCUT2D eigenvalue weighted by molar-refractivity contribution is 8.18. The maximum Gasteiger partial charge on any atom is 0.340 e. The monoisotopic (exact) mass is 414 g/mol. The molecular formula is C20H18N2O6S. The van der Waals surface area contributed by atoms with Crippen molar-refractivity contribution in [2.75, 3.05) is 14.2 Å². The number of phenols is 1. The molecule has 0 bridgehead atoms. The molecular weight excluding hydrogens is 396 g/mol. The van der Waals surface area contributed by atoms with Gasteiger partial charge in [0, 0.05) is 0 Å². The Labute approximate surface area is 170 Å². The summed E-state index contributed by atoms with van der Waals surface area (Å²) >= 11 is 1.09. The van der Waals surface area contributed by atoms with Crippen molar-refractivity contribution in [1.29, 1.82) is 0 Å². The van der Waals surface area contributed by atoms with E-state index in [2.05, 4.69) is 10.3 Å². The number of amides is 1. The molecule has 1 fully saturated rings. The number of hydrogen-bond donors (Lipinski definition) is 3. The van der Waals surface area contributed by atoms with E-state index in [-0.39, 0.29) is 27.7 Å². The number of aliphatic imine (C=N–C) groups is 1. The normalized spacial score (nSPS) is 16.2. The molecule has 8 nitrogen and oxygen atoms in total. The molecule has 1 amide bonds. The van der Waals surface area contributed by atoms with Crippen LogP contribution in [0.1, 0.15) is 21.5 Å². The van der Waals surface area contributed by atoms with Crippen LogP contribution in [0, 0.1) is 6.92 Å². The quantitative estimate of drug-likeness (QED) is 0.643. The van der Waals surface area contributed by atoms with Crippen molar-refractivity contribution in [2.45, 2.75) is 6.92 Å². The Morgan fingerprint density at radius 1 is 1.21 bits per heavy atom. The maximum absolute atomic E-state index is 12.4. The SMILES string of the molecule is COc1ccc(/C=C2/SC(=Nc3ccc(O)cc3C)NC2=O)c(C(=O)O)c1OC. The number of aromatic hydroxyl groups is 1. The number of carbonyl (C=O) groups is 2. The average molecular weight is 414 g/mol. The molecule has 3 rings (SSSR count). The third kappa shape index (κ3) is 4.19. The molecule has 150 valence electrons. The zero-order chi connectivity index (χ0) is 21.1. The van der Waals surface area contributed by atoms with Gasteiger partial charge in [-0.05, 0) is 60.2 Å². The largest absolute Gasteiger partial charge is 0.508 e. The molecule has 0 aromatic heterocycles. The summed E-state index contributed by atoms with van der Waals surface area (Å²) in [7, 11) is 2.76. The number of rotatable bonds is 5. The molecule has 0 spiro atoms. The number of carbonyl (C=O) groups excluding carboxylic acids is 1. The number of amidine groups is 1. The number of thioether (sulfide) groups is 1. The molecule has 2 aromatic carbocycles. The van der Waals surface area contributed by atoms with Gasteiger partial charge in [-0.15, -0.1) is 0 Å². The number of benzene rings is 2. The first-order valence-electron chi connectivity index (χ1n) is 8.41. The summed E-state index contributed by atoms with van der Waals surface area (Å²) in [5, 5.41) is 22.1. The Balaban J connectivity index is 1.98. The summed E-state index contributed by atoms with van der Waals surface area (Å²) in [6, 6.07) is 7.84. The summed E-state index contributed by atoms with van der Waals surface area (Å²) in [5.74, 6) is -1.11. The Hall–Kier alpha value is -3.46. The van der Waals surface area contributed by atoms with Crippen molar-refractivity contribution >= 4 is 40.6 Å². The van der Waals surface area contributed by atoms with Crippen LogP contribution in [0.3, 0.4) is 0 Å². The number of ether oxygens (including phenoxy) is 2. The van der Waals surface area contributed by atoms with Crippen molar-refractivity contribution in [1.82, 2.24) is 5.32 Å². The number of aromatic carboxylic acids is 1. The van der Waals surface area contributed by atoms with E-state index in [1.54, 1.807) is 31.2 Å². The Morgan fingerprint density at radius 2 is 1.97 bits per heavy atom. The number of nitrogens with one attached hydrogen (secondary N) is 1. The van der Waals surface area contributed by atoms with Gasteiger partial charge in [0.1, 0.15) is 11.3 Å². The summed E-state index contributed by atoms with van der Waals surface area (Å²) in [4.78, 5) is 28.8. The maximum atomic E-state index is 12.4. The lowest BCUT2D eigenvalue weighted by molar-refractivity contribution is -0.115. The van der Waals surface area contributed by atoms with Crippen LogP contribution in [-0.2, 0) is 4.79 Å². The predicted molar refractivity (Wildman–Crippen MR) is 110 cm³/mol. The zero-order valence-electron chi connectivity index (χ0n) is 15.8. The second-order valence-corrected chi connectivity index (χ2v) is 7.05. The van der Waals surface area contributed by atoms with Gasteiger partial charge in [-0.2, -0.15) is 0 Å². The fourth-order valence-electron chi connectivity index (χ4n) is 2.78. The Bertz CT molecular complexity index is 1060. The standard InChI is InChI=1S/C20H18N2O6S/c1-10-8-12(23)5-6-13(10)21-20-22-18(24)15(29-20)9-11-4-7-14(27-2)17(28-3)16(11)19(25)26/h4-9,23H,1-3H3,(H,25,26)(H,21,22,24)/b15-9+. The number of methoxy groups -OCH3 is 2. The molecule has 1 saturated heterocycles. The topological polar surface area (TPSA) is 117 Å². The highest BCUT2D eigenvalue weighted by atomic mass is 32.2. The molecule has 1 aliphatic heterocycles. The molecule has 2 aromatic rings. The van der Waals surface area contributed by atoms with E-state index in [9.17, 15) is 19.8 Å². The second kappa shape index (κ2) is 8.27. The van der Waals surface area contributed by atoms with E-state index in [1.165, 1.54) is 26.4 Å². The van der Waals surface area contributed by atoms with Crippen LogP contribution >= 0.6 is 11.8 Å². The smallest absolute Gasteiger partial charge is 0.340 e. The van der Waals surface area contributed by atoms with Gasteiger partial charge in [0.2, 0.25) is 0 Å². The van der Waals surface area contributed by atoms with Crippen LogP contribution in [-0.4, -0.2) is 41.5 Å². The lowest BCUT2D eigenvalue weighted by atomic mass is 10.0. The average Bonchev–Trinajstić information content (AvgIpc) is 3.02. The van der Waals surface area contributed by atoms with E-state index < -0.39 is 11.9 Å².